The Bertz CT molecular complexity index is 289. The second-order valence-electron chi connectivity index (χ2n) is 6.39. The number of hydrogen-bond donors (Lipinski definition) is 3. The van der Waals surface area contributed by atoms with Gasteiger partial charge in [-0.3, -0.25) is 4.79 Å². The molecule has 0 aromatic rings. The maximum absolute atomic E-state index is 12.1. The molecule has 0 bridgehead atoms. The minimum atomic E-state index is 0.225. The van der Waals surface area contributed by atoms with Crippen molar-refractivity contribution in [3.05, 3.63) is 0 Å². The molecule has 2 rings (SSSR count). The van der Waals surface area contributed by atoms with Crippen molar-refractivity contribution in [1.82, 2.24) is 10.6 Å². The van der Waals surface area contributed by atoms with Gasteiger partial charge in [0.15, 0.2) is 0 Å². The van der Waals surface area contributed by atoms with Gasteiger partial charge in [0.1, 0.15) is 0 Å². The van der Waals surface area contributed by atoms with Crippen molar-refractivity contribution < 1.29 is 4.79 Å². The lowest BCUT2D eigenvalue weighted by atomic mass is 9.85. The first-order chi connectivity index (χ1) is 9.20. The monoisotopic (exact) mass is 267 g/mol. The number of hydrogen-bond acceptors (Lipinski definition) is 3. The van der Waals surface area contributed by atoms with E-state index in [2.05, 4.69) is 17.6 Å². The van der Waals surface area contributed by atoms with E-state index in [-0.39, 0.29) is 5.91 Å². The fraction of sp³-hybridized carbons (Fsp3) is 0.933. The molecule has 1 saturated heterocycles. The van der Waals surface area contributed by atoms with E-state index in [0.717, 1.165) is 19.5 Å². The maximum Gasteiger partial charge on any atom is 0.220 e. The van der Waals surface area contributed by atoms with Crippen LogP contribution in [0, 0.1) is 17.8 Å². The molecule has 4 unspecified atom stereocenters. The standard InChI is InChI=1S/C15H29N3O/c1-11(13-5-3-7-17-10-13)8-15(19)18-14-6-2-4-12(14)9-16/h11-14,17H,2-10,16H2,1H3,(H,18,19). The molecule has 1 aliphatic heterocycles. The zero-order valence-corrected chi connectivity index (χ0v) is 12.2. The third kappa shape index (κ3) is 4.18. The van der Waals surface area contributed by atoms with Gasteiger partial charge < -0.3 is 16.4 Å². The second-order valence-corrected chi connectivity index (χ2v) is 6.39. The Balaban J connectivity index is 1.74. The molecule has 110 valence electrons. The lowest BCUT2D eigenvalue weighted by Crippen LogP contribution is -2.41. The SMILES string of the molecule is CC(CC(=O)NC1CCCC1CN)C1CCCNC1. The quantitative estimate of drug-likeness (QED) is 0.702. The van der Waals surface area contributed by atoms with Crippen molar-refractivity contribution in [3.63, 3.8) is 0 Å². The number of nitrogens with two attached hydrogens (primary N) is 1. The van der Waals surface area contributed by atoms with Crippen LogP contribution in [0.5, 0.6) is 0 Å². The number of rotatable bonds is 5. The predicted octanol–water partition coefficient (Wildman–Crippen LogP) is 1.26. The molecular weight excluding hydrogens is 238 g/mol. The first-order valence-corrected chi connectivity index (χ1v) is 7.91. The third-order valence-electron chi connectivity index (χ3n) is 4.96. The summed E-state index contributed by atoms with van der Waals surface area (Å²) < 4.78 is 0. The topological polar surface area (TPSA) is 67.2 Å². The fourth-order valence-corrected chi connectivity index (χ4v) is 3.60. The lowest BCUT2D eigenvalue weighted by molar-refractivity contribution is -0.123. The Morgan fingerprint density at radius 1 is 1.37 bits per heavy atom. The van der Waals surface area contributed by atoms with Gasteiger partial charge in [0.25, 0.3) is 0 Å². The van der Waals surface area contributed by atoms with Crippen molar-refractivity contribution in [2.75, 3.05) is 19.6 Å². The van der Waals surface area contributed by atoms with Gasteiger partial charge in [-0.2, -0.15) is 0 Å². The van der Waals surface area contributed by atoms with Gasteiger partial charge in [-0.25, -0.2) is 0 Å². The van der Waals surface area contributed by atoms with E-state index < -0.39 is 0 Å². The molecule has 4 N–H and O–H groups in total. The highest BCUT2D eigenvalue weighted by atomic mass is 16.1. The summed E-state index contributed by atoms with van der Waals surface area (Å²) in [6, 6.07) is 0.328. The number of piperidine rings is 1. The van der Waals surface area contributed by atoms with Crippen LogP contribution >= 0.6 is 0 Å². The first kappa shape index (κ1) is 14.8. The van der Waals surface area contributed by atoms with E-state index in [0.29, 0.717) is 36.8 Å². The highest BCUT2D eigenvalue weighted by molar-refractivity contribution is 5.76. The molecule has 2 fully saturated rings. The summed E-state index contributed by atoms with van der Waals surface area (Å²) in [5, 5.41) is 6.64. The van der Waals surface area contributed by atoms with Crippen LogP contribution in [0.25, 0.3) is 0 Å². The van der Waals surface area contributed by atoms with Crippen LogP contribution in [0.15, 0.2) is 0 Å². The van der Waals surface area contributed by atoms with Gasteiger partial charge in [0.05, 0.1) is 0 Å². The van der Waals surface area contributed by atoms with Crippen molar-refractivity contribution in [2.24, 2.45) is 23.5 Å². The molecule has 1 aliphatic carbocycles. The van der Waals surface area contributed by atoms with Crippen LogP contribution in [0.4, 0.5) is 0 Å². The van der Waals surface area contributed by atoms with Crippen LogP contribution in [-0.2, 0) is 4.79 Å². The Morgan fingerprint density at radius 3 is 2.89 bits per heavy atom. The molecule has 0 radical (unpaired) electrons. The van der Waals surface area contributed by atoms with Crippen molar-refractivity contribution in [2.45, 2.75) is 51.5 Å². The van der Waals surface area contributed by atoms with Crippen LogP contribution in [0.1, 0.15) is 45.4 Å². The lowest BCUT2D eigenvalue weighted by Gasteiger charge is -2.28. The molecule has 0 aromatic heterocycles. The van der Waals surface area contributed by atoms with Gasteiger partial charge in [-0.1, -0.05) is 13.3 Å². The minimum Gasteiger partial charge on any atom is -0.353 e. The van der Waals surface area contributed by atoms with E-state index >= 15 is 0 Å². The van der Waals surface area contributed by atoms with Crippen LogP contribution in [0.3, 0.4) is 0 Å². The summed E-state index contributed by atoms with van der Waals surface area (Å²) in [6.07, 6.45) is 6.65. The minimum absolute atomic E-state index is 0.225. The average molecular weight is 267 g/mol. The first-order valence-electron chi connectivity index (χ1n) is 7.91. The van der Waals surface area contributed by atoms with E-state index in [1.807, 2.05) is 0 Å². The number of carbonyl (C=O) groups is 1. The molecule has 0 spiro atoms. The molecule has 2 aliphatic rings. The van der Waals surface area contributed by atoms with Gasteiger partial charge >= 0.3 is 0 Å². The third-order valence-corrected chi connectivity index (χ3v) is 4.96. The summed E-state index contributed by atoms with van der Waals surface area (Å²) in [6.45, 7) is 5.12. The molecule has 4 atom stereocenters. The van der Waals surface area contributed by atoms with Crippen molar-refractivity contribution in [1.29, 1.82) is 0 Å². The molecule has 1 saturated carbocycles. The highest BCUT2D eigenvalue weighted by Crippen LogP contribution is 2.26. The molecule has 4 nitrogen and oxygen atoms in total. The molecule has 1 amide bonds. The van der Waals surface area contributed by atoms with E-state index in [1.54, 1.807) is 0 Å². The summed E-state index contributed by atoms with van der Waals surface area (Å²) >= 11 is 0. The van der Waals surface area contributed by atoms with Crippen LogP contribution in [0.2, 0.25) is 0 Å². The zero-order chi connectivity index (χ0) is 13.7. The molecule has 19 heavy (non-hydrogen) atoms. The van der Waals surface area contributed by atoms with Crippen LogP contribution in [-0.4, -0.2) is 31.6 Å². The smallest absolute Gasteiger partial charge is 0.220 e. The van der Waals surface area contributed by atoms with Gasteiger partial charge in [0, 0.05) is 12.5 Å². The predicted molar refractivity (Wildman–Crippen MR) is 77.7 cm³/mol. The largest absolute Gasteiger partial charge is 0.353 e. The number of amides is 1. The average Bonchev–Trinajstić information content (AvgIpc) is 2.86. The summed E-state index contributed by atoms with van der Waals surface area (Å²) in [5.74, 6) is 1.86. The fourth-order valence-electron chi connectivity index (χ4n) is 3.60. The Hall–Kier alpha value is -0.610. The highest BCUT2D eigenvalue weighted by Gasteiger charge is 2.28. The zero-order valence-electron chi connectivity index (χ0n) is 12.2. The van der Waals surface area contributed by atoms with Crippen molar-refractivity contribution >= 4 is 5.91 Å². The number of carbonyl (C=O) groups excluding carboxylic acids is 1. The molecular formula is C15H29N3O. The summed E-state index contributed by atoms with van der Waals surface area (Å²) in [4.78, 5) is 12.1. The maximum atomic E-state index is 12.1. The second kappa shape index (κ2) is 7.25. The van der Waals surface area contributed by atoms with Gasteiger partial charge in [-0.15, -0.1) is 0 Å². The molecule has 1 heterocycles. The Kier molecular flexibility index (Phi) is 5.64. The number of nitrogens with one attached hydrogen (secondary N) is 2. The van der Waals surface area contributed by atoms with Gasteiger partial charge in [0.2, 0.25) is 5.91 Å². The Morgan fingerprint density at radius 2 is 2.21 bits per heavy atom. The van der Waals surface area contributed by atoms with E-state index in [1.165, 1.54) is 25.7 Å². The summed E-state index contributed by atoms with van der Waals surface area (Å²) in [7, 11) is 0. The van der Waals surface area contributed by atoms with E-state index in [9.17, 15) is 4.79 Å². The molecule has 0 aromatic carbocycles. The van der Waals surface area contributed by atoms with Gasteiger partial charge in [-0.05, 0) is 63.1 Å². The van der Waals surface area contributed by atoms with E-state index in [4.69, 9.17) is 5.73 Å². The van der Waals surface area contributed by atoms with Crippen LogP contribution < -0.4 is 16.4 Å². The Labute approximate surface area is 116 Å². The normalized spacial score (nSPS) is 33.1. The summed E-state index contributed by atoms with van der Waals surface area (Å²) in [5.41, 5.74) is 5.76. The molecule has 4 heteroatoms. The van der Waals surface area contributed by atoms with Crippen molar-refractivity contribution in [3.8, 4) is 0 Å².